The highest BCUT2D eigenvalue weighted by molar-refractivity contribution is 8.26. The van der Waals surface area contributed by atoms with Gasteiger partial charge >= 0.3 is 5.97 Å². The molecule has 1 aliphatic heterocycles. The molecule has 1 aliphatic rings. The van der Waals surface area contributed by atoms with Gasteiger partial charge in [-0.25, -0.2) is 9.78 Å². The molecule has 1 fully saturated rings. The lowest BCUT2D eigenvalue weighted by Gasteiger charge is -2.23. The van der Waals surface area contributed by atoms with Crippen LogP contribution in [0.1, 0.15) is 17.3 Å². The quantitative estimate of drug-likeness (QED) is 0.459. The van der Waals surface area contributed by atoms with Crippen LogP contribution >= 0.6 is 35.6 Å². The molecule has 1 amide bonds. The molecule has 144 valence electrons. The summed E-state index contributed by atoms with van der Waals surface area (Å²) in [5, 5.41) is 11.1. The minimum Gasteiger partial charge on any atom is -0.479 e. The third-order valence-corrected chi connectivity index (χ3v) is 6.04. The number of carboxylic acid groups (broad SMARTS) is 1. The number of nitrogens with zero attached hydrogens (tertiary/aromatic N) is 2. The normalized spacial score (nSPS) is 16.6. The summed E-state index contributed by atoms with van der Waals surface area (Å²) in [6, 6.07) is 16.5. The number of amides is 1. The van der Waals surface area contributed by atoms with E-state index < -0.39 is 17.9 Å². The van der Waals surface area contributed by atoms with E-state index >= 15 is 0 Å². The average Bonchev–Trinajstić information content (AvgIpc) is 2.97. The number of para-hydroxylation sites is 1. The molecule has 3 aromatic rings. The molecule has 2 aromatic carbocycles. The van der Waals surface area contributed by atoms with E-state index in [4.69, 9.17) is 23.8 Å². The molecule has 0 radical (unpaired) electrons. The lowest BCUT2D eigenvalue weighted by Crippen LogP contribution is -2.37. The predicted molar refractivity (Wildman–Crippen MR) is 119 cm³/mol. The molecule has 0 aliphatic carbocycles. The Morgan fingerprint density at radius 3 is 2.62 bits per heavy atom. The van der Waals surface area contributed by atoms with Crippen molar-refractivity contribution >= 4 is 68.8 Å². The van der Waals surface area contributed by atoms with E-state index in [1.807, 2.05) is 18.2 Å². The highest BCUT2D eigenvalue weighted by atomic mass is 35.5. The standard InChI is InChI=1S/C21H13ClN2O3S2/c22-15-8-4-7-12-9-10-14(23-17(12)15)11-16-19(25)24(21(28)29-16)18(20(26)27)13-5-2-1-3-6-13/h1-11,18H,(H,26,27). The highest BCUT2D eigenvalue weighted by Gasteiger charge is 2.41. The zero-order valence-corrected chi connectivity index (χ0v) is 17.2. The molecule has 0 bridgehead atoms. The third kappa shape index (κ3) is 3.76. The van der Waals surface area contributed by atoms with Gasteiger partial charge in [0.2, 0.25) is 0 Å². The summed E-state index contributed by atoms with van der Waals surface area (Å²) >= 11 is 12.6. The largest absolute Gasteiger partial charge is 0.479 e. The lowest BCUT2D eigenvalue weighted by atomic mass is 10.1. The maximum Gasteiger partial charge on any atom is 0.331 e. The van der Waals surface area contributed by atoms with Crippen molar-refractivity contribution in [1.82, 2.24) is 9.88 Å². The maximum atomic E-state index is 13.0. The number of carboxylic acids is 1. The second kappa shape index (κ2) is 7.94. The fourth-order valence-corrected chi connectivity index (χ4v) is 4.60. The Kier molecular flexibility index (Phi) is 5.36. The first-order valence-electron chi connectivity index (χ1n) is 8.56. The number of carbonyl (C=O) groups is 2. The molecule has 0 saturated carbocycles. The number of thioether (sulfide) groups is 1. The van der Waals surface area contributed by atoms with E-state index in [0.717, 1.165) is 22.0 Å². The summed E-state index contributed by atoms with van der Waals surface area (Å²) in [4.78, 5) is 30.9. The molecule has 1 aromatic heterocycles. The van der Waals surface area contributed by atoms with Gasteiger partial charge in [-0.15, -0.1) is 0 Å². The summed E-state index contributed by atoms with van der Waals surface area (Å²) in [6.07, 6.45) is 1.60. The second-order valence-corrected chi connectivity index (χ2v) is 8.33. The molecule has 0 spiro atoms. The van der Waals surface area contributed by atoms with Crippen molar-refractivity contribution in [3.8, 4) is 0 Å². The topological polar surface area (TPSA) is 70.5 Å². The van der Waals surface area contributed by atoms with E-state index in [0.29, 0.717) is 26.7 Å². The van der Waals surface area contributed by atoms with Gasteiger partial charge in [0.25, 0.3) is 5.91 Å². The van der Waals surface area contributed by atoms with Crippen molar-refractivity contribution in [2.24, 2.45) is 0 Å². The molecule has 5 nitrogen and oxygen atoms in total. The monoisotopic (exact) mass is 440 g/mol. The molecule has 4 rings (SSSR count). The molecule has 8 heteroatoms. The van der Waals surface area contributed by atoms with E-state index in [2.05, 4.69) is 4.98 Å². The lowest BCUT2D eigenvalue weighted by molar-refractivity contribution is -0.145. The zero-order chi connectivity index (χ0) is 20.5. The summed E-state index contributed by atoms with van der Waals surface area (Å²) < 4.78 is 0.191. The predicted octanol–water partition coefficient (Wildman–Crippen LogP) is 4.92. The van der Waals surface area contributed by atoms with Gasteiger partial charge in [0, 0.05) is 5.39 Å². The Hall–Kier alpha value is -2.74. The maximum absolute atomic E-state index is 13.0. The van der Waals surface area contributed by atoms with E-state index in [-0.39, 0.29) is 4.32 Å². The van der Waals surface area contributed by atoms with Gasteiger partial charge in [0.15, 0.2) is 6.04 Å². The number of hydrogen-bond acceptors (Lipinski definition) is 5. The summed E-state index contributed by atoms with van der Waals surface area (Å²) in [7, 11) is 0. The van der Waals surface area contributed by atoms with E-state index in [1.165, 1.54) is 0 Å². The van der Waals surface area contributed by atoms with Crippen LogP contribution in [-0.4, -0.2) is 31.2 Å². The molecule has 1 unspecified atom stereocenters. The van der Waals surface area contributed by atoms with Crippen LogP contribution in [0.3, 0.4) is 0 Å². The van der Waals surface area contributed by atoms with Crippen molar-refractivity contribution in [2.75, 3.05) is 0 Å². The highest BCUT2D eigenvalue weighted by Crippen LogP contribution is 2.38. The van der Waals surface area contributed by atoms with Crippen LogP contribution in [0.5, 0.6) is 0 Å². The minimum atomic E-state index is -1.19. The number of carbonyl (C=O) groups excluding carboxylic acids is 1. The number of aliphatic carboxylic acids is 1. The fourth-order valence-electron chi connectivity index (χ4n) is 3.08. The Labute approximate surface area is 181 Å². The van der Waals surface area contributed by atoms with Crippen molar-refractivity contribution < 1.29 is 14.7 Å². The SMILES string of the molecule is O=C(O)C(c1ccccc1)N1C(=O)C(=Cc2ccc3cccc(Cl)c3n2)SC1=S. The van der Waals surface area contributed by atoms with Gasteiger partial charge in [0.05, 0.1) is 21.1 Å². The Balaban J connectivity index is 1.71. The van der Waals surface area contributed by atoms with E-state index in [1.54, 1.807) is 48.5 Å². The smallest absolute Gasteiger partial charge is 0.331 e. The first kappa shape index (κ1) is 19.6. The number of thiocarbonyl (C=S) groups is 1. The van der Waals surface area contributed by atoms with Crippen LogP contribution in [0.4, 0.5) is 0 Å². The molecule has 1 atom stereocenters. The Morgan fingerprint density at radius 1 is 1.14 bits per heavy atom. The van der Waals surface area contributed by atoms with Crippen molar-refractivity contribution in [1.29, 1.82) is 0 Å². The van der Waals surface area contributed by atoms with Gasteiger partial charge in [-0.05, 0) is 23.8 Å². The number of fused-ring (bicyclic) bond motifs is 1. The third-order valence-electron chi connectivity index (χ3n) is 4.40. The van der Waals surface area contributed by atoms with Crippen LogP contribution in [0.15, 0.2) is 65.6 Å². The van der Waals surface area contributed by atoms with Gasteiger partial charge in [-0.3, -0.25) is 9.69 Å². The first-order chi connectivity index (χ1) is 14.0. The van der Waals surface area contributed by atoms with Crippen molar-refractivity contribution in [3.63, 3.8) is 0 Å². The summed E-state index contributed by atoms with van der Waals surface area (Å²) in [5.74, 6) is -1.61. The number of halogens is 1. The van der Waals surface area contributed by atoms with Gasteiger partial charge in [-0.1, -0.05) is 84.1 Å². The van der Waals surface area contributed by atoms with Gasteiger partial charge in [-0.2, -0.15) is 0 Å². The minimum absolute atomic E-state index is 0.191. The number of rotatable bonds is 4. The molecule has 2 heterocycles. The van der Waals surface area contributed by atoms with Crippen molar-refractivity contribution in [3.05, 3.63) is 81.8 Å². The van der Waals surface area contributed by atoms with Gasteiger partial charge in [0.1, 0.15) is 4.32 Å². The number of aromatic nitrogens is 1. The van der Waals surface area contributed by atoms with Crippen LogP contribution < -0.4 is 0 Å². The number of hydrogen-bond donors (Lipinski definition) is 1. The zero-order valence-electron chi connectivity index (χ0n) is 14.8. The molecule has 29 heavy (non-hydrogen) atoms. The number of pyridine rings is 1. The van der Waals surface area contributed by atoms with Crippen molar-refractivity contribution in [2.45, 2.75) is 6.04 Å². The molecular formula is C21H13ClN2O3S2. The summed E-state index contributed by atoms with van der Waals surface area (Å²) in [6.45, 7) is 0. The average molecular weight is 441 g/mol. The Morgan fingerprint density at radius 2 is 1.90 bits per heavy atom. The van der Waals surface area contributed by atoms with Crippen LogP contribution in [0.2, 0.25) is 5.02 Å². The second-order valence-electron chi connectivity index (χ2n) is 6.25. The fraction of sp³-hybridized carbons (Fsp3) is 0.0476. The first-order valence-corrected chi connectivity index (χ1v) is 10.2. The van der Waals surface area contributed by atoms with E-state index in [9.17, 15) is 14.7 Å². The molecule has 1 N–H and O–H groups in total. The Bertz CT molecular complexity index is 1180. The van der Waals surface area contributed by atoms with Crippen LogP contribution in [0.25, 0.3) is 17.0 Å². The molecular weight excluding hydrogens is 428 g/mol. The van der Waals surface area contributed by atoms with Gasteiger partial charge < -0.3 is 5.11 Å². The number of benzene rings is 2. The van der Waals surface area contributed by atoms with Crippen LogP contribution in [-0.2, 0) is 9.59 Å². The summed E-state index contributed by atoms with van der Waals surface area (Å²) in [5.41, 5.74) is 1.65. The van der Waals surface area contributed by atoms with Crippen LogP contribution in [0, 0.1) is 0 Å². The molecule has 1 saturated heterocycles.